The standard InChI is InChI=1S/C12H14F2N2O4S/c13-12(14)21(18,19)9-3-1-8(2-4-9)16-11(17)10-7-20-6-5-15-10/h1-4,10,12,15H,5-7H2,(H,16,17). The van der Waals surface area contributed by atoms with Crippen LogP contribution in [0.25, 0.3) is 0 Å². The molecular weight excluding hydrogens is 306 g/mol. The molecule has 1 saturated heterocycles. The lowest BCUT2D eigenvalue weighted by molar-refractivity contribution is -0.120. The van der Waals surface area contributed by atoms with Crippen molar-refractivity contribution in [3.05, 3.63) is 24.3 Å². The van der Waals surface area contributed by atoms with Gasteiger partial charge in [-0.3, -0.25) is 4.79 Å². The largest absolute Gasteiger partial charge is 0.378 e. The van der Waals surface area contributed by atoms with Crippen LogP contribution in [0.3, 0.4) is 0 Å². The Labute approximate surface area is 120 Å². The molecule has 116 valence electrons. The van der Waals surface area contributed by atoms with Gasteiger partial charge in [0.15, 0.2) is 0 Å². The quantitative estimate of drug-likeness (QED) is 0.849. The van der Waals surface area contributed by atoms with E-state index in [0.29, 0.717) is 18.8 Å². The molecule has 1 aromatic carbocycles. The van der Waals surface area contributed by atoms with E-state index in [2.05, 4.69) is 10.6 Å². The van der Waals surface area contributed by atoms with Gasteiger partial charge >= 0.3 is 5.76 Å². The fraction of sp³-hybridized carbons (Fsp3) is 0.417. The lowest BCUT2D eigenvalue weighted by Gasteiger charge is -2.22. The summed E-state index contributed by atoms with van der Waals surface area (Å²) in [5, 5.41) is 5.51. The highest BCUT2D eigenvalue weighted by Gasteiger charge is 2.26. The number of rotatable bonds is 4. The Hall–Kier alpha value is -1.58. The maximum atomic E-state index is 12.4. The molecule has 1 amide bonds. The Morgan fingerprint density at radius 1 is 1.33 bits per heavy atom. The predicted molar refractivity (Wildman–Crippen MR) is 70.9 cm³/mol. The first-order valence-electron chi connectivity index (χ1n) is 6.15. The number of anilines is 1. The van der Waals surface area contributed by atoms with Gasteiger partial charge in [0.05, 0.1) is 18.1 Å². The predicted octanol–water partition coefficient (Wildman–Crippen LogP) is 0.610. The van der Waals surface area contributed by atoms with Crippen LogP contribution in [0.5, 0.6) is 0 Å². The van der Waals surface area contributed by atoms with E-state index in [0.717, 1.165) is 12.1 Å². The summed E-state index contributed by atoms with van der Waals surface area (Å²) in [5.41, 5.74) is 0.320. The summed E-state index contributed by atoms with van der Waals surface area (Å²) < 4.78 is 52.4. The van der Waals surface area contributed by atoms with E-state index in [4.69, 9.17) is 4.74 Å². The molecule has 0 saturated carbocycles. The topological polar surface area (TPSA) is 84.5 Å². The highest BCUT2D eigenvalue weighted by Crippen LogP contribution is 2.20. The van der Waals surface area contributed by atoms with Crippen molar-refractivity contribution >= 4 is 21.4 Å². The monoisotopic (exact) mass is 320 g/mol. The molecule has 2 N–H and O–H groups in total. The summed E-state index contributed by atoms with van der Waals surface area (Å²) in [6.45, 7) is 1.33. The number of alkyl halides is 2. The first-order chi connectivity index (χ1) is 9.91. The third-order valence-electron chi connectivity index (χ3n) is 2.92. The Bertz CT molecular complexity index is 598. The van der Waals surface area contributed by atoms with Gasteiger partial charge in [-0.15, -0.1) is 0 Å². The van der Waals surface area contributed by atoms with Gasteiger partial charge in [0, 0.05) is 12.2 Å². The molecule has 1 fully saturated rings. The van der Waals surface area contributed by atoms with Crippen LogP contribution in [0.4, 0.5) is 14.5 Å². The summed E-state index contributed by atoms with van der Waals surface area (Å²) >= 11 is 0. The maximum Gasteiger partial charge on any atom is 0.341 e. The molecule has 6 nitrogen and oxygen atoms in total. The Morgan fingerprint density at radius 2 is 2.00 bits per heavy atom. The van der Waals surface area contributed by atoms with Gasteiger partial charge < -0.3 is 15.4 Å². The van der Waals surface area contributed by atoms with Gasteiger partial charge in [-0.25, -0.2) is 8.42 Å². The first-order valence-corrected chi connectivity index (χ1v) is 7.70. The summed E-state index contributed by atoms with van der Waals surface area (Å²) in [4.78, 5) is 11.4. The molecule has 0 aromatic heterocycles. The van der Waals surface area contributed by atoms with E-state index in [-0.39, 0.29) is 12.5 Å². The van der Waals surface area contributed by atoms with Crippen LogP contribution in [0, 0.1) is 0 Å². The molecule has 2 rings (SSSR count). The van der Waals surface area contributed by atoms with Crippen molar-refractivity contribution in [1.82, 2.24) is 5.32 Å². The number of morpholine rings is 1. The highest BCUT2D eigenvalue weighted by molar-refractivity contribution is 7.91. The zero-order valence-corrected chi connectivity index (χ0v) is 11.7. The number of carbonyl (C=O) groups is 1. The summed E-state index contributed by atoms with van der Waals surface area (Å²) in [6, 6.07) is 4.08. The molecule has 1 atom stereocenters. The number of hydrogen-bond acceptors (Lipinski definition) is 5. The molecule has 1 heterocycles. The number of ether oxygens (including phenoxy) is 1. The SMILES string of the molecule is O=C(Nc1ccc(S(=O)(=O)C(F)F)cc1)C1COCCN1. The van der Waals surface area contributed by atoms with Gasteiger partial charge in [-0.2, -0.15) is 8.78 Å². The second-order valence-electron chi connectivity index (χ2n) is 4.40. The van der Waals surface area contributed by atoms with Gasteiger partial charge in [0.1, 0.15) is 6.04 Å². The number of amides is 1. The van der Waals surface area contributed by atoms with Crippen molar-refractivity contribution < 1.29 is 26.7 Å². The number of halogens is 2. The molecule has 1 unspecified atom stereocenters. The average molecular weight is 320 g/mol. The van der Waals surface area contributed by atoms with Crippen molar-refractivity contribution in [2.24, 2.45) is 0 Å². The summed E-state index contributed by atoms with van der Waals surface area (Å²) in [6.07, 6.45) is 0. The molecule has 9 heteroatoms. The zero-order chi connectivity index (χ0) is 15.5. The Balaban J connectivity index is 2.04. The normalized spacial score (nSPS) is 19.5. The van der Waals surface area contributed by atoms with E-state index in [1.807, 2.05) is 0 Å². The molecular formula is C12H14F2N2O4S. The van der Waals surface area contributed by atoms with Crippen LogP contribution in [0.1, 0.15) is 0 Å². The fourth-order valence-corrected chi connectivity index (χ4v) is 2.52. The summed E-state index contributed by atoms with van der Waals surface area (Å²) in [5.74, 6) is -3.80. The minimum absolute atomic E-state index is 0.240. The third-order valence-corrected chi connectivity index (χ3v) is 4.32. The molecule has 1 aromatic rings. The van der Waals surface area contributed by atoms with Crippen molar-refractivity contribution in [3.63, 3.8) is 0 Å². The molecule has 1 aliphatic rings. The number of benzene rings is 1. The number of carbonyl (C=O) groups excluding carboxylic acids is 1. The zero-order valence-electron chi connectivity index (χ0n) is 10.9. The second-order valence-corrected chi connectivity index (χ2v) is 6.32. The molecule has 0 bridgehead atoms. The minimum atomic E-state index is -4.62. The van der Waals surface area contributed by atoms with Crippen molar-refractivity contribution in [1.29, 1.82) is 0 Å². The molecule has 0 spiro atoms. The molecule has 21 heavy (non-hydrogen) atoms. The van der Waals surface area contributed by atoms with Crippen LogP contribution in [0.2, 0.25) is 0 Å². The third kappa shape index (κ3) is 3.74. The van der Waals surface area contributed by atoms with Crippen LogP contribution in [-0.2, 0) is 19.4 Å². The van der Waals surface area contributed by atoms with Crippen molar-refractivity contribution in [2.45, 2.75) is 16.7 Å². The summed E-state index contributed by atoms with van der Waals surface area (Å²) in [7, 11) is -4.62. The van der Waals surface area contributed by atoms with Crippen LogP contribution < -0.4 is 10.6 Å². The number of sulfone groups is 1. The smallest absolute Gasteiger partial charge is 0.341 e. The van der Waals surface area contributed by atoms with E-state index < -0.39 is 26.5 Å². The fourth-order valence-electron chi connectivity index (χ4n) is 1.79. The molecule has 1 aliphatic heterocycles. The van der Waals surface area contributed by atoms with E-state index in [1.54, 1.807) is 0 Å². The highest BCUT2D eigenvalue weighted by atomic mass is 32.2. The average Bonchev–Trinajstić information content (AvgIpc) is 2.48. The van der Waals surface area contributed by atoms with Gasteiger partial charge in [-0.05, 0) is 24.3 Å². The van der Waals surface area contributed by atoms with Crippen molar-refractivity contribution in [3.8, 4) is 0 Å². The Morgan fingerprint density at radius 3 is 2.52 bits per heavy atom. The Kier molecular flexibility index (Phi) is 4.86. The van der Waals surface area contributed by atoms with Gasteiger partial charge in [0.25, 0.3) is 0 Å². The van der Waals surface area contributed by atoms with E-state index in [9.17, 15) is 22.0 Å². The maximum absolute atomic E-state index is 12.4. The van der Waals surface area contributed by atoms with Crippen LogP contribution in [-0.4, -0.2) is 45.9 Å². The second kappa shape index (κ2) is 6.46. The molecule has 0 radical (unpaired) electrons. The van der Waals surface area contributed by atoms with Gasteiger partial charge in [0.2, 0.25) is 15.7 Å². The van der Waals surface area contributed by atoms with E-state index >= 15 is 0 Å². The minimum Gasteiger partial charge on any atom is -0.378 e. The van der Waals surface area contributed by atoms with Crippen LogP contribution in [0.15, 0.2) is 29.2 Å². The van der Waals surface area contributed by atoms with Crippen molar-refractivity contribution in [2.75, 3.05) is 25.1 Å². The molecule has 0 aliphatic carbocycles. The van der Waals surface area contributed by atoms with Crippen LogP contribution >= 0.6 is 0 Å². The first kappa shape index (κ1) is 15.8. The van der Waals surface area contributed by atoms with E-state index in [1.165, 1.54) is 12.1 Å². The lowest BCUT2D eigenvalue weighted by atomic mass is 10.2. The lowest BCUT2D eigenvalue weighted by Crippen LogP contribution is -2.48. The van der Waals surface area contributed by atoms with Gasteiger partial charge in [-0.1, -0.05) is 0 Å². The number of nitrogens with one attached hydrogen (secondary N) is 2. The number of hydrogen-bond donors (Lipinski definition) is 2.